The molecular formula is C16H24N2S. The fourth-order valence-electron chi connectivity index (χ4n) is 3.92. The average molecular weight is 276 g/mol. The van der Waals surface area contributed by atoms with Crippen LogP contribution in [-0.2, 0) is 6.42 Å². The van der Waals surface area contributed by atoms with Crippen LogP contribution >= 0.6 is 11.3 Å². The highest BCUT2D eigenvalue weighted by Gasteiger charge is 2.36. The minimum absolute atomic E-state index is 0.719. The summed E-state index contributed by atoms with van der Waals surface area (Å²) in [5.41, 5.74) is 1.66. The number of thiophene rings is 1. The van der Waals surface area contributed by atoms with Crippen molar-refractivity contribution in [3.05, 3.63) is 21.9 Å². The minimum Gasteiger partial charge on any atom is -0.312 e. The van der Waals surface area contributed by atoms with Crippen LogP contribution in [0, 0.1) is 5.92 Å². The quantitative estimate of drug-likeness (QED) is 0.892. The SMILES string of the molecule is c1cc2c(s1)CCCC2N1CCCNC(C2CC2)C1. The maximum atomic E-state index is 3.79. The molecule has 1 aromatic rings. The monoisotopic (exact) mass is 276 g/mol. The Bertz CT molecular complexity index is 438. The zero-order valence-corrected chi connectivity index (χ0v) is 12.4. The highest BCUT2D eigenvalue weighted by atomic mass is 32.1. The molecule has 1 saturated heterocycles. The Labute approximate surface area is 120 Å². The van der Waals surface area contributed by atoms with Crippen molar-refractivity contribution in [2.24, 2.45) is 5.92 Å². The molecule has 1 aromatic heterocycles. The zero-order chi connectivity index (χ0) is 12.7. The topological polar surface area (TPSA) is 15.3 Å². The fourth-order valence-corrected chi connectivity index (χ4v) is 4.90. The largest absolute Gasteiger partial charge is 0.312 e. The summed E-state index contributed by atoms with van der Waals surface area (Å²) in [4.78, 5) is 4.46. The van der Waals surface area contributed by atoms with Gasteiger partial charge in [0.25, 0.3) is 0 Å². The molecule has 2 atom stereocenters. The van der Waals surface area contributed by atoms with Gasteiger partial charge >= 0.3 is 0 Å². The average Bonchev–Trinajstić information content (AvgIpc) is 3.19. The van der Waals surface area contributed by atoms with Crippen LogP contribution in [0.4, 0.5) is 0 Å². The smallest absolute Gasteiger partial charge is 0.0359 e. The van der Waals surface area contributed by atoms with E-state index in [-0.39, 0.29) is 0 Å². The van der Waals surface area contributed by atoms with Crippen LogP contribution < -0.4 is 5.32 Å². The first-order valence-corrected chi connectivity index (χ1v) is 8.83. The Morgan fingerprint density at radius 1 is 1.21 bits per heavy atom. The standard InChI is InChI=1S/C16H24N2S/c1-3-15(13-7-10-19-16(13)4-1)18-9-2-8-17-14(11-18)12-5-6-12/h7,10,12,14-15,17H,1-6,8-9,11H2. The van der Waals surface area contributed by atoms with E-state index in [4.69, 9.17) is 0 Å². The molecule has 1 N–H and O–H groups in total. The van der Waals surface area contributed by atoms with Crippen LogP contribution in [0.15, 0.2) is 11.4 Å². The highest BCUT2D eigenvalue weighted by Crippen LogP contribution is 2.39. The number of hydrogen-bond donors (Lipinski definition) is 1. The summed E-state index contributed by atoms with van der Waals surface area (Å²) in [5, 5.41) is 6.09. The molecule has 0 spiro atoms. The van der Waals surface area contributed by atoms with Gasteiger partial charge in [0.15, 0.2) is 0 Å². The second-order valence-corrected chi connectivity index (χ2v) is 7.45. The molecule has 2 aliphatic carbocycles. The number of hydrogen-bond acceptors (Lipinski definition) is 3. The zero-order valence-electron chi connectivity index (χ0n) is 11.6. The molecule has 1 saturated carbocycles. The molecule has 0 radical (unpaired) electrons. The molecule has 4 rings (SSSR count). The van der Waals surface area contributed by atoms with E-state index in [1.807, 2.05) is 11.3 Å². The van der Waals surface area contributed by atoms with Gasteiger partial charge in [-0.3, -0.25) is 4.90 Å². The van der Waals surface area contributed by atoms with Crippen molar-refractivity contribution in [3.8, 4) is 0 Å². The summed E-state index contributed by atoms with van der Waals surface area (Å²) >= 11 is 1.98. The van der Waals surface area contributed by atoms with Crippen LogP contribution in [0.2, 0.25) is 0 Å². The second-order valence-electron chi connectivity index (χ2n) is 6.45. The van der Waals surface area contributed by atoms with E-state index in [1.165, 1.54) is 58.2 Å². The van der Waals surface area contributed by atoms with Crippen molar-refractivity contribution in [1.29, 1.82) is 0 Å². The molecule has 2 heterocycles. The first-order chi connectivity index (χ1) is 9.42. The van der Waals surface area contributed by atoms with Gasteiger partial charge in [0.05, 0.1) is 0 Å². The molecule has 3 heteroatoms. The summed E-state index contributed by atoms with van der Waals surface area (Å²) in [5.74, 6) is 0.978. The molecule has 19 heavy (non-hydrogen) atoms. The van der Waals surface area contributed by atoms with Crippen molar-refractivity contribution in [2.75, 3.05) is 19.6 Å². The maximum absolute atomic E-state index is 3.79. The van der Waals surface area contributed by atoms with Gasteiger partial charge in [-0.05, 0) is 68.0 Å². The normalized spacial score (nSPS) is 32.8. The molecule has 3 aliphatic rings. The third kappa shape index (κ3) is 2.48. The van der Waals surface area contributed by atoms with Gasteiger partial charge in [-0.1, -0.05) is 0 Å². The number of rotatable bonds is 2. The van der Waals surface area contributed by atoms with Crippen molar-refractivity contribution in [1.82, 2.24) is 10.2 Å². The van der Waals surface area contributed by atoms with Crippen LogP contribution in [0.1, 0.15) is 48.6 Å². The lowest BCUT2D eigenvalue weighted by Gasteiger charge is -2.35. The second kappa shape index (κ2) is 5.19. The third-order valence-corrected chi connectivity index (χ3v) is 6.11. The van der Waals surface area contributed by atoms with E-state index < -0.39 is 0 Å². The Hall–Kier alpha value is -0.380. The van der Waals surface area contributed by atoms with E-state index in [2.05, 4.69) is 21.7 Å². The van der Waals surface area contributed by atoms with E-state index in [9.17, 15) is 0 Å². The van der Waals surface area contributed by atoms with Crippen molar-refractivity contribution in [3.63, 3.8) is 0 Å². The van der Waals surface area contributed by atoms with Crippen LogP contribution in [0.25, 0.3) is 0 Å². The minimum atomic E-state index is 0.719. The Morgan fingerprint density at radius 2 is 2.16 bits per heavy atom. The van der Waals surface area contributed by atoms with Gasteiger partial charge in [-0.2, -0.15) is 0 Å². The van der Waals surface area contributed by atoms with E-state index in [0.29, 0.717) is 0 Å². The van der Waals surface area contributed by atoms with Gasteiger partial charge in [-0.25, -0.2) is 0 Å². The molecule has 1 aliphatic heterocycles. The fraction of sp³-hybridized carbons (Fsp3) is 0.750. The number of fused-ring (bicyclic) bond motifs is 1. The maximum Gasteiger partial charge on any atom is 0.0359 e. The lowest BCUT2D eigenvalue weighted by Crippen LogP contribution is -2.41. The van der Waals surface area contributed by atoms with Crippen molar-refractivity contribution < 1.29 is 0 Å². The molecule has 2 fully saturated rings. The highest BCUT2D eigenvalue weighted by molar-refractivity contribution is 7.10. The van der Waals surface area contributed by atoms with Gasteiger partial charge in [-0.15, -0.1) is 11.3 Å². The molecular weight excluding hydrogens is 252 g/mol. The number of nitrogens with zero attached hydrogens (tertiary/aromatic N) is 1. The Kier molecular flexibility index (Phi) is 3.38. The Balaban J connectivity index is 1.54. The molecule has 104 valence electrons. The predicted molar refractivity (Wildman–Crippen MR) is 80.7 cm³/mol. The lowest BCUT2D eigenvalue weighted by molar-refractivity contribution is 0.172. The molecule has 0 amide bonds. The summed E-state index contributed by atoms with van der Waals surface area (Å²) in [6, 6.07) is 3.89. The number of aryl methyl sites for hydroxylation is 1. The van der Waals surface area contributed by atoms with Crippen molar-refractivity contribution >= 4 is 11.3 Å². The summed E-state index contributed by atoms with van der Waals surface area (Å²) in [6.07, 6.45) is 8.32. The molecule has 0 bridgehead atoms. The van der Waals surface area contributed by atoms with Gasteiger partial charge in [0, 0.05) is 30.1 Å². The summed E-state index contributed by atoms with van der Waals surface area (Å²) in [7, 11) is 0. The van der Waals surface area contributed by atoms with E-state index in [0.717, 1.165) is 18.0 Å². The molecule has 0 aromatic carbocycles. The molecule has 2 nitrogen and oxygen atoms in total. The van der Waals surface area contributed by atoms with E-state index >= 15 is 0 Å². The number of nitrogens with one attached hydrogen (secondary N) is 1. The summed E-state index contributed by atoms with van der Waals surface area (Å²) in [6.45, 7) is 3.79. The molecule has 2 unspecified atom stereocenters. The van der Waals surface area contributed by atoms with Gasteiger partial charge < -0.3 is 5.32 Å². The van der Waals surface area contributed by atoms with Crippen LogP contribution in [0.5, 0.6) is 0 Å². The predicted octanol–water partition coefficient (Wildman–Crippen LogP) is 3.20. The first-order valence-electron chi connectivity index (χ1n) is 7.95. The third-order valence-electron chi connectivity index (χ3n) is 5.11. The summed E-state index contributed by atoms with van der Waals surface area (Å²) < 4.78 is 0. The van der Waals surface area contributed by atoms with Crippen LogP contribution in [-0.4, -0.2) is 30.6 Å². The van der Waals surface area contributed by atoms with E-state index in [1.54, 1.807) is 10.4 Å². The van der Waals surface area contributed by atoms with Crippen molar-refractivity contribution in [2.45, 2.75) is 50.6 Å². The van der Waals surface area contributed by atoms with Crippen LogP contribution in [0.3, 0.4) is 0 Å². The lowest BCUT2D eigenvalue weighted by atomic mass is 9.92. The first kappa shape index (κ1) is 12.4. The van der Waals surface area contributed by atoms with Gasteiger partial charge in [0.1, 0.15) is 0 Å². The Morgan fingerprint density at radius 3 is 3.05 bits per heavy atom. The van der Waals surface area contributed by atoms with Gasteiger partial charge in [0.2, 0.25) is 0 Å².